The van der Waals surface area contributed by atoms with E-state index in [0.717, 1.165) is 24.8 Å². The van der Waals surface area contributed by atoms with E-state index in [1.807, 2.05) is 0 Å². The summed E-state index contributed by atoms with van der Waals surface area (Å²) < 4.78 is 4.99. The number of ether oxygens (including phenoxy) is 1. The summed E-state index contributed by atoms with van der Waals surface area (Å²) in [7, 11) is 2.14. The van der Waals surface area contributed by atoms with Crippen LogP contribution in [0.1, 0.15) is 30.1 Å². The highest BCUT2D eigenvalue weighted by Crippen LogP contribution is 2.25. The van der Waals surface area contributed by atoms with Crippen LogP contribution in [0.2, 0.25) is 0 Å². The van der Waals surface area contributed by atoms with Crippen LogP contribution in [0.15, 0.2) is 18.2 Å². The fourth-order valence-electron chi connectivity index (χ4n) is 2.12. The van der Waals surface area contributed by atoms with Crippen molar-refractivity contribution in [3.63, 3.8) is 0 Å². The lowest BCUT2D eigenvalue weighted by Crippen LogP contribution is -2.27. The fraction of sp³-hybridized carbons (Fsp3) is 0.533. The molecule has 110 valence electrons. The zero-order valence-corrected chi connectivity index (χ0v) is 12.2. The molecule has 1 aromatic carbocycles. The number of benzene rings is 1. The minimum absolute atomic E-state index is 0.314. The van der Waals surface area contributed by atoms with E-state index >= 15 is 0 Å². The average molecular weight is 277 g/mol. The summed E-state index contributed by atoms with van der Waals surface area (Å²) in [6.45, 7) is 3.94. The molecule has 0 spiro atoms. The number of hydrogen-bond acceptors (Lipinski definition) is 5. The van der Waals surface area contributed by atoms with Gasteiger partial charge in [-0.15, -0.1) is 0 Å². The highest BCUT2D eigenvalue weighted by atomic mass is 16.5. The molecule has 0 saturated heterocycles. The fourth-order valence-corrected chi connectivity index (χ4v) is 2.12. The molecule has 2 rings (SSSR count). The molecule has 1 aliphatic rings. The van der Waals surface area contributed by atoms with Crippen LogP contribution in [0.4, 0.5) is 11.4 Å². The van der Waals surface area contributed by atoms with E-state index < -0.39 is 0 Å². The summed E-state index contributed by atoms with van der Waals surface area (Å²) in [6, 6.07) is 5.93. The van der Waals surface area contributed by atoms with Crippen LogP contribution in [0.25, 0.3) is 0 Å². The van der Waals surface area contributed by atoms with Gasteiger partial charge in [-0.2, -0.15) is 0 Å². The molecule has 0 amide bonds. The molecule has 1 aromatic rings. The number of carbonyl (C=O) groups excluding carboxylic acids is 1. The number of hydrogen-bond donors (Lipinski definition) is 2. The standard InChI is InChI=1S/C15H23N3O2/c1-3-20-15(19)11-4-7-13(16)14(10-11)17-8-9-18(2)12-5-6-12/h4,7,10,12,17H,3,5-6,8-9,16H2,1-2H3. The molecular weight excluding hydrogens is 254 g/mol. The van der Waals surface area contributed by atoms with Crippen molar-refractivity contribution >= 4 is 17.3 Å². The lowest BCUT2D eigenvalue weighted by Gasteiger charge is -2.17. The highest BCUT2D eigenvalue weighted by molar-refractivity contribution is 5.92. The Hall–Kier alpha value is -1.75. The number of carbonyl (C=O) groups is 1. The molecule has 5 nitrogen and oxygen atoms in total. The van der Waals surface area contributed by atoms with Crippen molar-refractivity contribution in [1.29, 1.82) is 0 Å². The number of anilines is 2. The third-order valence-electron chi connectivity index (χ3n) is 3.51. The van der Waals surface area contributed by atoms with Crippen LogP contribution in [0, 0.1) is 0 Å². The van der Waals surface area contributed by atoms with Crippen molar-refractivity contribution in [3.8, 4) is 0 Å². The van der Waals surface area contributed by atoms with Gasteiger partial charge < -0.3 is 20.7 Å². The molecule has 0 atom stereocenters. The van der Waals surface area contributed by atoms with Crippen molar-refractivity contribution in [2.75, 3.05) is 37.8 Å². The van der Waals surface area contributed by atoms with Gasteiger partial charge in [0.15, 0.2) is 0 Å². The summed E-state index contributed by atoms with van der Waals surface area (Å²) in [5.74, 6) is -0.314. The Morgan fingerprint density at radius 2 is 2.25 bits per heavy atom. The summed E-state index contributed by atoms with van der Waals surface area (Å²) in [5, 5.41) is 3.29. The van der Waals surface area contributed by atoms with Crippen LogP contribution in [-0.4, -0.2) is 43.7 Å². The molecule has 0 aliphatic heterocycles. The largest absolute Gasteiger partial charge is 0.462 e. The van der Waals surface area contributed by atoms with Gasteiger partial charge in [-0.05, 0) is 45.0 Å². The number of nitrogens with one attached hydrogen (secondary N) is 1. The quantitative estimate of drug-likeness (QED) is 0.589. The highest BCUT2D eigenvalue weighted by Gasteiger charge is 2.25. The predicted molar refractivity (Wildman–Crippen MR) is 81.0 cm³/mol. The molecule has 5 heteroatoms. The maximum absolute atomic E-state index is 11.7. The summed E-state index contributed by atoms with van der Waals surface area (Å²) in [5.41, 5.74) is 7.89. The molecule has 0 heterocycles. The number of nitrogens with zero attached hydrogens (tertiary/aromatic N) is 1. The van der Waals surface area contributed by atoms with Gasteiger partial charge in [0.25, 0.3) is 0 Å². The molecule has 0 aromatic heterocycles. The Bertz CT molecular complexity index is 472. The topological polar surface area (TPSA) is 67.6 Å². The van der Waals surface area contributed by atoms with Gasteiger partial charge in [0.2, 0.25) is 0 Å². The Morgan fingerprint density at radius 3 is 2.90 bits per heavy atom. The van der Waals surface area contributed by atoms with Gasteiger partial charge in [0, 0.05) is 19.1 Å². The minimum Gasteiger partial charge on any atom is -0.462 e. The van der Waals surface area contributed by atoms with E-state index in [0.29, 0.717) is 17.9 Å². The number of nitrogens with two attached hydrogens (primary N) is 1. The first kappa shape index (κ1) is 14.7. The minimum atomic E-state index is -0.314. The normalized spacial score (nSPS) is 14.3. The van der Waals surface area contributed by atoms with E-state index in [-0.39, 0.29) is 5.97 Å². The average Bonchev–Trinajstić information content (AvgIpc) is 3.25. The lowest BCUT2D eigenvalue weighted by atomic mass is 10.1. The second-order valence-corrected chi connectivity index (χ2v) is 5.16. The maximum Gasteiger partial charge on any atom is 0.338 e. The number of esters is 1. The first-order valence-corrected chi connectivity index (χ1v) is 7.12. The van der Waals surface area contributed by atoms with Gasteiger partial charge in [-0.25, -0.2) is 4.79 Å². The third-order valence-corrected chi connectivity index (χ3v) is 3.51. The van der Waals surface area contributed by atoms with Crippen molar-refractivity contribution in [2.24, 2.45) is 0 Å². The van der Waals surface area contributed by atoms with Gasteiger partial charge in [-0.3, -0.25) is 0 Å². The Kier molecular flexibility index (Phi) is 4.84. The Morgan fingerprint density at radius 1 is 1.50 bits per heavy atom. The Balaban J connectivity index is 1.91. The van der Waals surface area contributed by atoms with E-state index in [9.17, 15) is 4.79 Å². The van der Waals surface area contributed by atoms with Gasteiger partial charge in [-0.1, -0.05) is 0 Å². The zero-order chi connectivity index (χ0) is 14.5. The summed E-state index contributed by atoms with van der Waals surface area (Å²) in [4.78, 5) is 14.0. The maximum atomic E-state index is 11.7. The van der Waals surface area contributed by atoms with Crippen LogP contribution in [-0.2, 0) is 4.74 Å². The molecule has 0 radical (unpaired) electrons. The van der Waals surface area contributed by atoms with Crippen LogP contribution in [0.5, 0.6) is 0 Å². The van der Waals surface area contributed by atoms with Gasteiger partial charge in [0.05, 0.1) is 23.5 Å². The van der Waals surface area contributed by atoms with Crippen molar-refractivity contribution in [3.05, 3.63) is 23.8 Å². The van der Waals surface area contributed by atoms with Gasteiger partial charge in [0.1, 0.15) is 0 Å². The second kappa shape index (κ2) is 6.61. The molecule has 20 heavy (non-hydrogen) atoms. The summed E-state index contributed by atoms with van der Waals surface area (Å²) >= 11 is 0. The van der Waals surface area contributed by atoms with E-state index in [4.69, 9.17) is 10.5 Å². The van der Waals surface area contributed by atoms with E-state index in [2.05, 4.69) is 17.3 Å². The molecule has 0 unspecified atom stereocenters. The first-order valence-electron chi connectivity index (χ1n) is 7.12. The van der Waals surface area contributed by atoms with Gasteiger partial charge >= 0.3 is 5.97 Å². The number of rotatable bonds is 7. The van der Waals surface area contributed by atoms with Crippen LogP contribution >= 0.6 is 0 Å². The smallest absolute Gasteiger partial charge is 0.338 e. The number of likely N-dealkylation sites (N-methyl/N-ethyl adjacent to an activating group) is 1. The molecular formula is C15H23N3O2. The Labute approximate surface area is 120 Å². The molecule has 0 bridgehead atoms. The van der Waals surface area contributed by atoms with E-state index in [1.165, 1.54) is 12.8 Å². The predicted octanol–water partition coefficient (Wildman–Crippen LogP) is 1.95. The molecule has 1 aliphatic carbocycles. The van der Waals surface area contributed by atoms with Crippen LogP contribution in [0.3, 0.4) is 0 Å². The van der Waals surface area contributed by atoms with E-state index in [1.54, 1.807) is 25.1 Å². The summed E-state index contributed by atoms with van der Waals surface area (Å²) in [6.07, 6.45) is 2.61. The number of nitrogen functional groups attached to an aromatic ring is 1. The van der Waals surface area contributed by atoms with Crippen molar-refractivity contribution < 1.29 is 9.53 Å². The molecule has 1 fully saturated rings. The van der Waals surface area contributed by atoms with Crippen LogP contribution < -0.4 is 11.1 Å². The third kappa shape index (κ3) is 3.87. The second-order valence-electron chi connectivity index (χ2n) is 5.16. The van der Waals surface area contributed by atoms with Crippen molar-refractivity contribution in [1.82, 2.24) is 4.90 Å². The lowest BCUT2D eigenvalue weighted by molar-refractivity contribution is 0.0526. The SMILES string of the molecule is CCOC(=O)c1ccc(N)c(NCCN(C)C2CC2)c1. The molecule has 1 saturated carbocycles. The molecule has 3 N–H and O–H groups in total. The van der Waals surface area contributed by atoms with Crippen molar-refractivity contribution in [2.45, 2.75) is 25.8 Å². The monoisotopic (exact) mass is 277 g/mol. The first-order chi connectivity index (χ1) is 9.61. The zero-order valence-electron chi connectivity index (χ0n) is 12.2.